The fourth-order valence-corrected chi connectivity index (χ4v) is 1.62. The summed E-state index contributed by atoms with van der Waals surface area (Å²) in [6, 6.07) is 4.92. The van der Waals surface area contributed by atoms with Crippen molar-refractivity contribution in [3.05, 3.63) is 35.1 Å². The first-order chi connectivity index (χ1) is 6.67. The van der Waals surface area contributed by atoms with Crippen molar-refractivity contribution >= 4 is 37.6 Å². The molecule has 0 atom stereocenters. The number of carbonyl (C=O) groups excluding carboxylic acids is 1. The van der Waals surface area contributed by atoms with Crippen molar-refractivity contribution in [1.29, 1.82) is 0 Å². The fraction of sp³-hybridized carbons (Fsp3) is 0.300. The van der Waals surface area contributed by atoms with Crippen LogP contribution >= 0.6 is 31.9 Å². The quantitative estimate of drug-likeness (QED) is 0.777. The zero-order valence-electron chi connectivity index (χ0n) is 7.40. The first kappa shape index (κ1) is 11.9. The van der Waals surface area contributed by atoms with Gasteiger partial charge in [0, 0.05) is 11.8 Å². The first-order valence-corrected chi connectivity index (χ1v) is 6.32. The molecule has 76 valence electrons. The number of ketones is 1. The molecule has 0 aliphatic rings. The van der Waals surface area contributed by atoms with E-state index in [0.717, 1.165) is 5.56 Å². The third kappa shape index (κ3) is 3.17. The number of hydrogen-bond acceptors (Lipinski definition) is 1. The van der Waals surface area contributed by atoms with E-state index in [4.69, 9.17) is 0 Å². The molecule has 0 bridgehead atoms. The summed E-state index contributed by atoms with van der Waals surface area (Å²) in [7, 11) is 0. The van der Waals surface area contributed by atoms with E-state index in [-0.39, 0.29) is 23.4 Å². The Balaban J connectivity index is 2.83. The minimum absolute atomic E-state index is 0.0181. The van der Waals surface area contributed by atoms with Gasteiger partial charge in [-0.2, -0.15) is 0 Å². The van der Waals surface area contributed by atoms with Crippen LogP contribution in [0, 0.1) is 5.82 Å². The van der Waals surface area contributed by atoms with Gasteiger partial charge in [-0.1, -0.05) is 44.0 Å². The highest BCUT2D eigenvalue weighted by atomic mass is 79.9. The van der Waals surface area contributed by atoms with Gasteiger partial charge in [0.1, 0.15) is 11.6 Å². The second kappa shape index (κ2) is 5.61. The van der Waals surface area contributed by atoms with Gasteiger partial charge in [0.25, 0.3) is 0 Å². The van der Waals surface area contributed by atoms with E-state index in [1.807, 2.05) is 6.07 Å². The van der Waals surface area contributed by atoms with Gasteiger partial charge in [0.15, 0.2) is 0 Å². The van der Waals surface area contributed by atoms with Crippen LogP contribution in [0.2, 0.25) is 0 Å². The Kier molecular flexibility index (Phi) is 4.75. The van der Waals surface area contributed by atoms with Crippen LogP contribution in [-0.4, -0.2) is 11.1 Å². The third-order valence-corrected chi connectivity index (χ3v) is 3.08. The maximum absolute atomic E-state index is 13.3. The molecule has 1 nitrogen and oxygen atoms in total. The minimum Gasteiger partial charge on any atom is -0.298 e. The summed E-state index contributed by atoms with van der Waals surface area (Å²) in [6.07, 6.45) is 0.152. The normalized spacial score (nSPS) is 10.2. The molecule has 0 aliphatic heterocycles. The molecule has 0 amide bonds. The van der Waals surface area contributed by atoms with Gasteiger partial charge in [0.2, 0.25) is 0 Å². The Morgan fingerprint density at radius 1 is 1.36 bits per heavy atom. The van der Waals surface area contributed by atoms with E-state index in [1.165, 1.54) is 6.07 Å². The number of Topliss-reactive ketones (excluding diaryl/α,β-unsaturated/α-hetero) is 1. The lowest BCUT2D eigenvalue weighted by molar-refractivity contribution is -0.115. The Morgan fingerprint density at radius 3 is 2.57 bits per heavy atom. The lowest BCUT2D eigenvalue weighted by atomic mass is 10.1. The van der Waals surface area contributed by atoms with E-state index < -0.39 is 0 Å². The van der Waals surface area contributed by atoms with E-state index in [2.05, 4.69) is 31.9 Å². The molecule has 1 rings (SSSR count). The average Bonchev–Trinajstić information content (AvgIpc) is 2.20. The van der Waals surface area contributed by atoms with Crippen LogP contribution in [0.4, 0.5) is 4.39 Å². The van der Waals surface area contributed by atoms with Crippen LogP contribution in [0.3, 0.4) is 0 Å². The maximum atomic E-state index is 13.3. The second-order valence-corrected chi connectivity index (χ2v) is 4.03. The SMILES string of the molecule is O=C(CBr)Cc1ccc(CBr)cc1F. The molecule has 0 saturated carbocycles. The van der Waals surface area contributed by atoms with E-state index >= 15 is 0 Å². The third-order valence-electron chi connectivity index (χ3n) is 1.81. The lowest BCUT2D eigenvalue weighted by Crippen LogP contribution is -2.05. The number of carbonyl (C=O) groups is 1. The summed E-state index contributed by atoms with van der Waals surface area (Å²) in [5.74, 6) is -0.327. The molecule has 14 heavy (non-hydrogen) atoms. The number of halogens is 3. The van der Waals surface area contributed by atoms with Gasteiger partial charge < -0.3 is 0 Å². The minimum atomic E-state index is -0.309. The van der Waals surface area contributed by atoms with E-state index in [9.17, 15) is 9.18 Å². The summed E-state index contributed by atoms with van der Waals surface area (Å²) in [5, 5.41) is 0.892. The van der Waals surface area contributed by atoms with Gasteiger partial charge in [-0.05, 0) is 17.2 Å². The van der Waals surface area contributed by atoms with Crippen molar-refractivity contribution in [3.8, 4) is 0 Å². The second-order valence-electron chi connectivity index (χ2n) is 2.91. The van der Waals surface area contributed by atoms with Crippen molar-refractivity contribution in [2.45, 2.75) is 11.8 Å². The van der Waals surface area contributed by atoms with Crippen molar-refractivity contribution < 1.29 is 9.18 Å². The first-order valence-electron chi connectivity index (χ1n) is 4.08. The molecule has 0 N–H and O–H groups in total. The molecular weight excluding hydrogens is 315 g/mol. The van der Waals surface area contributed by atoms with Crippen LogP contribution in [-0.2, 0) is 16.5 Å². The standard InChI is InChI=1S/C10H9Br2FO/c11-5-7-1-2-8(10(13)3-7)4-9(14)6-12/h1-3H,4-6H2. The van der Waals surface area contributed by atoms with Gasteiger partial charge in [-0.15, -0.1) is 0 Å². The molecule has 4 heteroatoms. The Labute approximate surface area is 99.0 Å². The summed E-state index contributed by atoms with van der Waals surface area (Å²) in [5.41, 5.74) is 1.33. The number of rotatable bonds is 4. The molecular formula is C10H9Br2FO. The Bertz CT molecular complexity index is 339. The average molecular weight is 324 g/mol. The molecule has 1 aromatic rings. The smallest absolute Gasteiger partial charge is 0.147 e. The van der Waals surface area contributed by atoms with Gasteiger partial charge in [-0.3, -0.25) is 4.79 Å². The predicted octanol–water partition coefficient (Wildman–Crippen LogP) is 3.23. The van der Waals surface area contributed by atoms with Crippen molar-refractivity contribution in [3.63, 3.8) is 0 Å². The molecule has 0 fully saturated rings. The zero-order valence-corrected chi connectivity index (χ0v) is 10.6. The highest BCUT2D eigenvalue weighted by Crippen LogP contribution is 2.13. The highest BCUT2D eigenvalue weighted by molar-refractivity contribution is 9.09. The molecule has 0 unspecified atom stereocenters. The van der Waals surface area contributed by atoms with E-state index in [1.54, 1.807) is 6.07 Å². The van der Waals surface area contributed by atoms with Crippen LogP contribution in [0.1, 0.15) is 11.1 Å². The molecule has 0 radical (unpaired) electrons. The Morgan fingerprint density at radius 2 is 2.07 bits per heavy atom. The molecule has 0 aliphatic carbocycles. The monoisotopic (exact) mass is 322 g/mol. The van der Waals surface area contributed by atoms with Crippen molar-refractivity contribution in [2.24, 2.45) is 0 Å². The van der Waals surface area contributed by atoms with E-state index in [0.29, 0.717) is 10.9 Å². The zero-order chi connectivity index (χ0) is 10.6. The fourth-order valence-electron chi connectivity index (χ4n) is 1.08. The Hall–Kier alpha value is -0.220. The van der Waals surface area contributed by atoms with Crippen molar-refractivity contribution in [1.82, 2.24) is 0 Å². The topological polar surface area (TPSA) is 17.1 Å². The summed E-state index contributed by atoms with van der Waals surface area (Å²) in [4.78, 5) is 11.1. The maximum Gasteiger partial charge on any atom is 0.147 e. The molecule has 1 aromatic carbocycles. The summed E-state index contributed by atoms with van der Waals surface area (Å²) < 4.78 is 13.3. The van der Waals surface area contributed by atoms with Gasteiger partial charge in [-0.25, -0.2) is 4.39 Å². The largest absolute Gasteiger partial charge is 0.298 e. The molecule has 0 saturated heterocycles. The predicted molar refractivity (Wildman–Crippen MR) is 61.5 cm³/mol. The van der Waals surface area contributed by atoms with Crippen LogP contribution < -0.4 is 0 Å². The number of benzene rings is 1. The lowest BCUT2D eigenvalue weighted by Gasteiger charge is -2.02. The van der Waals surface area contributed by atoms with Crippen molar-refractivity contribution in [2.75, 3.05) is 5.33 Å². The summed E-state index contributed by atoms with van der Waals surface area (Å²) >= 11 is 6.29. The molecule has 0 aromatic heterocycles. The van der Waals surface area contributed by atoms with Gasteiger partial charge >= 0.3 is 0 Å². The summed E-state index contributed by atoms with van der Waals surface area (Å²) in [6.45, 7) is 0. The molecule has 0 heterocycles. The van der Waals surface area contributed by atoms with Gasteiger partial charge in [0.05, 0.1) is 5.33 Å². The highest BCUT2D eigenvalue weighted by Gasteiger charge is 2.07. The van der Waals surface area contributed by atoms with Crippen LogP contribution in [0.5, 0.6) is 0 Å². The van der Waals surface area contributed by atoms with Crippen LogP contribution in [0.15, 0.2) is 18.2 Å². The number of hydrogen-bond donors (Lipinski definition) is 0. The number of alkyl halides is 2. The van der Waals surface area contributed by atoms with Crippen LogP contribution in [0.25, 0.3) is 0 Å². The molecule has 0 spiro atoms.